The van der Waals surface area contributed by atoms with Gasteiger partial charge in [-0.25, -0.2) is 0 Å². The maximum Gasteiger partial charge on any atom is 0.227 e. The second-order valence-corrected chi connectivity index (χ2v) is 6.61. The maximum absolute atomic E-state index is 5.29. The van der Waals surface area contributed by atoms with Crippen molar-refractivity contribution in [2.24, 2.45) is 0 Å². The van der Waals surface area contributed by atoms with Gasteiger partial charge in [0.05, 0.1) is 5.25 Å². The fraction of sp³-hybridized carbons (Fsp3) is 0.818. The molecule has 2 heterocycles. The van der Waals surface area contributed by atoms with Crippen molar-refractivity contribution in [3.8, 4) is 0 Å². The summed E-state index contributed by atoms with van der Waals surface area (Å²) in [5.41, 5.74) is 0. The SMILES string of the molecule is CCC1SCCSC1c1noc(CCNC)n1. The molecule has 1 aliphatic rings. The Morgan fingerprint density at radius 3 is 3.00 bits per heavy atom. The molecule has 96 valence electrons. The highest BCUT2D eigenvalue weighted by molar-refractivity contribution is 8.06. The molecule has 0 radical (unpaired) electrons. The van der Waals surface area contributed by atoms with Crippen LogP contribution in [0.25, 0.3) is 0 Å². The van der Waals surface area contributed by atoms with Crippen molar-refractivity contribution >= 4 is 23.5 Å². The number of aromatic nitrogens is 2. The summed E-state index contributed by atoms with van der Waals surface area (Å²) >= 11 is 4.00. The lowest BCUT2D eigenvalue weighted by Crippen LogP contribution is -2.19. The first kappa shape index (κ1) is 13.2. The van der Waals surface area contributed by atoms with E-state index < -0.39 is 0 Å². The molecule has 0 aromatic carbocycles. The van der Waals surface area contributed by atoms with E-state index in [4.69, 9.17) is 4.52 Å². The van der Waals surface area contributed by atoms with E-state index in [2.05, 4.69) is 22.4 Å². The molecule has 6 heteroatoms. The van der Waals surface area contributed by atoms with Crippen LogP contribution in [0, 0.1) is 0 Å². The molecule has 0 aliphatic carbocycles. The monoisotopic (exact) mass is 273 g/mol. The lowest BCUT2D eigenvalue weighted by Gasteiger charge is -2.27. The second kappa shape index (κ2) is 6.66. The molecule has 1 saturated heterocycles. The topological polar surface area (TPSA) is 51.0 Å². The van der Waals surface area contributed by atoms with Crippen LogP contribution in [0.1, 0.15) is 30.3 Å². The Balaban J connectivity index is 2.02. The number of nitrogens with one attached hydrogen (secondary N) is 1. The molecule has 0 saturated carbocycles. The van der Waals surface area contributed by atoms with Crippen molar-refractivity contribution in [3.05, 3.63) is 11.7 Å². The molecule has 2 unspecified atom stereocenters. The number of hydrogen-bond donors (Lipinski definition) is 1. The van der Waals surface area contributed by atoms with E-state index in [0.29, 0.717) is 10.5 Å². The van der Waals surface area contributed by atoms with Crippen molar-refractivity contribution < 1.29 is 4.52 Å². The van der Waals surface area contributed by atoms with Crippen molar-refractivity contribution in [3.63, 3.8) is 0 Å². The van der Waals surface area contributed by atoms with Gasteiger partial charge in [-0.2, -0.15) is 16.7 Å². The normalized spacial score (nSPS) is 25.1. The molecule has 17 heavy (non-hydrogen) atoms. The van der Waals surface area contributed by atoms with Crippen molar-refractivity contribution in [1.82, 2.24) is 15.5 Å². The predicted molar refractivity (Wildman–Crippen MR) is 73.7 cm³/mol. The Morgan fingerprint density at radius 2 is 2.24 bits per heavy atom. The highest BCUT2D eigenvalue weighted by atomic mass is 32.2. The average Bonchev–Trinajstić information content (AvgIpc) is 2.85. The fourth-order valence-corrected chi connectivity index (χ4v) is 4.84. The van der Waals surface area contributed by atoms with Crippen LogP contribution in [0.2, 0.25) is 0 Å². The number of likely N-dealkylation sites (N-methyl/N-ethyl adjacent to an activating group) is 1. The van der Waals surface area contributed by atoms with E-state index in [1.165, 1.54) is 17.9 Å². The standard InChI is InChI=1S/C11H19N3OS2/c1-3-8-10(17-7-6-16-8)11-13-9(15-14-11)4-5-12-2/h8,10,12H,3-7H2,1-2H3. The van der Waals surface area contributed by atoms with Crippen LogP contribution in [-0.2, 0) is 6.42 Å². The van der Waals surface area contributed by atoms with Crippen LogP contribution in [0.4, 0.5) is 0 Å². The second-order valence-electron chi connectivity index (χ2n) is 4.01. The van der Waals surface area contributed by atoms with Gasteiger partial charge in [0, 0.05) is 29.7 Å². The van der Waals surface area contributed by atoms with E-state index in [0.717, 1.165) is 24.7 Å². The van der Waals surface area contributed by atoms with Gasteiger partial charge in [0.2, 0.25) is 5.89 Å². The Bertz CT molecular complexity index is 345. The third-order valence-corrected chi connectivity index (χ3v) is 6.02. The Kier molecular flexibility index (Phi) is 5.18. The van der Waals surface area contributed by atoms with E-state index in [-0.39, 0.29) is 0 Å². The molecular weight excluding hydrogens is 254 g/mol. The highest BCUT2D eigenvalue weighted by Crippen LogP contribution is 2.42. The van der Waals surface area contributed by atoms with Gasteiger partial charge in [-0.05, 0) is 13.5 Å². The Labute approximate surface area is 111 Å². The molecule has 1 fully saturated rings. The summed E-state index contributed by atoms with van der Waals surface area (Å²) in [4.78, 5) is 4.52. The molecule has 2 atom stereocenters. The van der Waals surface area contributed by atoms with Crippen LogP contribution in [0.3, 0.4) is 0 Å². The molecule has 0 spiro atoms. The molecule has 4 nitrogen and oxygen atoms in total. The van der Waals surface area contributed by atoms with E-state index >= 15 is 0 Å². The molecule has 1 N–H and O–H groups in total. The molecular formula is C11H19N3OS2. The third-order valence-electron chi connectivity index (χ3n) is 2.78. The summed E-state index contributed by atoms with van der Waals surface area (Å²) < 4.78 is 5.29. The molecule has 2 rings (SSSR count). The van der Waals surface area contributed by atoms with Gasteiger partial charge in [0.15, 0.2) is 5.82 Å². The van der Waals surface area contributed by atoms with Crippen molar-refractivity contribution in [2.45, 2.75) is 30.3 Å². The summed E-state index contributed by atoms with van der Waals surface area (Å²) in [6, 6.07) is 0. The Morgan fingerprint density at radius 1 is 1.41 bits per heavy atom. The average molecular weight is 273 g/mol. The number of hydrogen-bond acceptors (Lipinski definition) is 6. The highest BCUT2D eigenvalue weighted by Gasteiger charge is 2.30. The van der Waals surface area contributed by atoms with E-state index in [9.17, 15) is 0 Å². The van der Waals surface area contributed by atoms with Crippen LogP contribution in [0.5, 0.6) is 0 Å². The van der Waals surface area contributed by atoms with Gasteiger partial charge in [-0.15, -0.1) is 11.8 Å². The zero-order chi connectivity index (χ0) is 12.1. The van der Waals surface area contributed by atoms with Gasteiger partial charge in [0.1, 0.15) is 0 Å². The summed E-state index contributed by atoms with van der Waals surface area (Å²) in [6.45, 7) is 3.12. The van der Waals surface area contributed by atoms with Gasteiger partial charge >= 0.3 is 0 Å². The van der Waals surface area contributed by atoms with Crippen molar-refractivity contribution in [1.29, 1.82) is 0 Å². The quantitative estimate of drug-likeness (QED) is 0.887. The minimum atomic E-state index is 0.408. The van der Waals surface area contributed by atoms with Gasteiger partial charge in [-0.1, -0.05) is 12.1 Å². The third kappa shape index (κ3) is 3.39. The Hall–Kier alpha value is -0.200. The van der Waals surface area contributed by atoms with Crippen LogP contribution >= 0.6 is 23.5 Å². The molecule has 0 amide bonds. The summed E-state index contributed by atoms with van der Waals surface area (Å²) in [5.74, 6) is 4.07. The van der Waals surface area contributed by atoms with Crippen LogP contribution in [-0.4, -0.2) is 40.5 Å². The maximum atomic E-state index is 5.29. The largest absolute Gasteiger partial charge is 0.339 e. The van der Waals surface area contributed by atoms with Crippen LogP contribution < -0.4 is 5.32 Å². The van der Waals surface area contributed by atoms with Crippen molar-refractivity contribution in [2.75, 3.05) is 25.1 Å². The minimum absolute atomic E-state index is 0.408. The molecule has 1 aliphatic heterocycles. The first-order chi connectivity index (χ1) is 8.35. The summed E-state index contributed by atoms with van der Waals surface area (Å²) in [6.07, 6.45) is 1.98. The smallest absolute Gasteiger partial charge is 0.227 e. The zero-order valence-electron chi connectivity index (χ0n) is 10.3. The molecule has 1 aromatic heterocycles. The summed E-state index contributed by atoms with van der Waals surface area (Å²) in [7, 11) is 1.93. The number of rotatable bonds is 5. The molecule has 1 aromatic rings. The first-order valence-corrected chi connectivity index (χ1v) is 8.15. The van der Waals surface area contributed by atoms with E-state index in [1.807, 2.05) is 30.6 Å². The predicted octanol–water partition coefficient (Wildman–Crippen LogP) is 2.13. The van der Waals surface area contributed by atoms with Crippen LogP contribution in [0.15, 0.2) is 4.52 Å². The summed E-state index contributed by atoms with van der Waals surface area (Å²) in [5, 5.41) is 8.27. The fourth-order valence-electron chi connectivity index (χ4n) is 1.86. The molecule has 0 bridgehead atoms. The number of nitrogens with zero attached hydrogens (tertiary/aromatic N) is 2. The van der Waals surface area contributed by atoms with Gasteiger partial charge in [0.25, 0.3) is 0 Å². The minimum Gasteiger partial charge on any atom is -0.339 e. The van der Waals surface area contributed by atoms with Gasteiger partial charge < -0.3 is 9.84 Å². The first-order valence-electron chi connectivity index (χ1n) is 6.05. The van der Waals surface area contributed by atoms with E-state index in [1.54, 1.807) is 0 Å². The number of thioether (sulfide) groups is 2. The lowest BCUT2D eigenvalue weighted by atomic mass is 10.2. The zero-order valence-corrected chi connectivity index (χ0v) is 11.9. The van der Waals surface area contributed by atoms with Gasteiger partial charge in [-0.3, -0.25) is 0 Å². The lowest BCUT2D eigenvalue weighted by molar-refractivity contribution is 0.371.